The first kappa shape index (κ1) is 21.0. The first-order valence-electron chi connectivity index (χ1n) is 7.38. The number of aliphatic imine (C=N–C) groups is 1. The van der Waals surface area contributed by atoms with E-state index in [4.69, 9.17) is 15.2 Å². The van der Waals surface area contributed by atoms with Gasteiger partial charge in [-0.2, -0.15) is 0 Å². The van der Waals surface area contributed by atoms with Gasteiger partial charge in [-0.25, -0.2) is 0 Å². The molecule has 0 aliphatic heterocycles. The van der Waals surface area contributed by atoms with Crippen LogP contribution in [0.1, 0.15) is 27.7 Å². The highest BCUT2D eigenvalue weighted by Crippen LogP contribution is 2.16. The van der Waals surface area contributed by atoms with E-state index in [-0.39, 0.29) is 30.1 Å². The van der Waals surface area contributed by atoms with Crippen molar-refractivity contribution in [3.05, 3.63) is 24.3 Å². The Kier molecular flexibility index (Phi) is 11.0. The van der Waals surface area contributed by atoms with Crippen LogP contribution in [0.2, 0.25) is 0 Å². The predicted molar refractivity (Wildman–Crippen MR) is 103 cm³/mol. The number of benzene rings is 1. The number of hydrogen-bond acceptors (Lipinski definition) is 3. The van der Waals surface area contributed by atoms with E-state index in [0.717, 1.165) is 18.0 Å². The maximum atomic E-state index is 5.82. The standard InChI is InChI=1S/C16H27N3O2.HI/c1-12(2)11-20-10-9-18-16(17)19-14-5-7-15(8-6-14)21-13(3)4;/h5-8,12-13H,9-11H2,1-4H3,(H3,17,18,19);1H. The second-order valence-corrected chi connectivity index (χ2v) is 5.55. The molecule has 0 saturated heterocycles. The molecule has 3 N–H and O–H groups in total. The summed E-state index contributed by atoms with van der Waals surface area (Å²) in [6, 6.07) is 7.63. The fourth-order valence-corrected chi connectivity index (χ4v) is 1.63. The van der Waals surface area contributed by atoms with Crippen molar-refractivity contribution >= 4 is 35.6 Å². The van der Waals surface area contributed by atoms with Crippen LogP contribution in [0, 0.1) is 5.92 Å². The third-order valence-electron chi connectivity index (χ3n) is 2.47. The molecule has 6 heteroatoms. The number of nitrogens with one attached hydrogen (secondary N) is 1. The SMILES string of the molecule is CC(C)COCCN=C(N)Nc1ccc(OC(C)C)cc1.I. The summed E-state index contributed by atoms with van der Waals surface area (Å²) in [6.45, 7) is 10.1. The smallest absolute Gasteiger partial charge is 0.193 e. The van der Waals surface area contributed by atoms with Gasteiger partial charge in [0.05, 0.1) is 19.3 Å². The van der Waals surface area contributed by atoms with Crippen molar-refractivity contribution in [2.45, 2.75) is 33.8 Å². The van der Waals surface area contributed by atoms with Crippen LogP contribution in [0.4, 0.5) is 5.69 Å². The molecule has 0 bridgehead atoms. The van der Waals surface area contributed by atoms with E-state index in [1.54, 1.807) is 0 Å². The van der Waals surface area contributed by atoms with Crippen LogP contribution in [-0.2, 0) is 4.74 Å². The molecule has 0 radical (unpaired) electrons. The van der Waals surface area contributed by atoms with E-state index >= 15 is 0 Å². The molecule has 0 aliphatic carbocycles. The van der Waals surface area contributed by atoms with Gasteiger partial charge in [-0.15, -0.1) is 24.0 Å². The van der Waals surface area contributed by atoms with E-state index in [9.17, 15) is 0 Å². The molecule has 0 spiro atoms. The molecule has 1 rings (SSSR count). The first-order valence-corrected chi connectivity index (χ1v) is 7.38. The minimum atomic E-state index is 0. The lowest BCUT2D eigenvalue weighted by molar-refractivity contribution is 0.117. The number of anilines is 1. The van der Waals surface area contributed by atoms with Crippen molar-refractivity contribution in [2.75, 3.05) is 25.1 Å². The normalized spacial score (nSPS) is 11.5. The van der Waals surface area contributed by atoms with Gasteiger partial charge in [-0.1, -0.05) is 13.8 Å². The number of rotatable bonds is 8. The van der Waals surface area contributed by atoms with Crippen LogP contribution in [0.3, 0.4) is 0 Å². The summed E-state index contributed by atoms with van der Waals surface area (Å²) >= 11 is 0. The average molecular weight is 421 g/mol. The van der Waals surface area contributed by atoms with Crippen molar-refractivity contribution in [3.8, 4) is 5.75 Å². The topological polar surface area (TPSA) is 68.9 Å². The minimum absolute atomic E-state index is 0. The zero-order valence-corrected chi connectivity index (χ0v) is 16.2. The van der Waals surface area contributed by atoms with Gasteiger partial charge >= 0.3 is 0 Å². The Labute approximate surface area is 150 Å². The minimum Gasteiger partial charge on any atom is -0.491 e. The molecular weight excluding hydrogens is 393 g/mol. The number of hydrogen-bond donors (Lipinski definition) is 2. The van der Waals surface area contributed by atoms with Gasteiger partial charge in [0.2, 0.25) is 0 Å². The van der Waals surface area contributed by atoms with Gasteiger partial charge in [0.15, 0.2) is 5.96 Å². The van der Waals surface area contributed by atoms with Gasteiger partial charge in [0.25, 0.3) is 0 Å². The van der Waals surface area contributed by atoms with Crippen LogP contribution in [-0.4, -0.2) is 31.8 Å². The third-order valence-corrected chi connectivity index (χ3v) is 2.47. The lowest BCUT2D eigenvalue weighted by Gasteiger charge is -2.11. The Morgan fingerprint density at radius 1 is 1.18 bits per heavy atom. The molecule has 0 atom stereocenters. The van der Waals surface area contributed by atoms with Crippen LogP contribution in [0.5, 0.6) is 5.75 Å². The maximum absolute atomic E-state index is 5.82. The molecule has 0 unspecified atom stereocenters. The largest absolute Gasteiger partial charge is 0.491 e. The maximum Gasteiger partial charge on any atom is 0.193 e. The highest BCUT2D eigenvalue weighted by atomic mass is 127. The molecule has 1 aromatic carbocycles. The molecule has 22 heavy (non-hydrogen) atoms. The number of ether oxygens (including phenoxy) is 2. The molecule has 126 valence electrons. The zero-order valence-electron chi connectivity index (χ0n) is 13.8. The second-order valence-electron chi connectivity index (χ2n) is 5.55. The van der Waals surface area contributed by atoms with E-state index in [2.05, 4.69) is 24.2 Å². The summed E-state index contributed by atoms with van der Waals surface area (Å²) in [5.74, 6) is 1.77. The van der Waals surface area contributed by atoms with E-state index < -0.39 is 0 Å². The lowest BCUT2D eigenvalue weighted by atomic mass is 10.2. The molecule has 5 nitrogen and oxygen atoms in total. The molecule has 0 fully saturated rings. The Balaban J connectivity index is 0.00000441. The van der Waals surface area contributed by atoms with Crippen LogP contribution in [0.25, 0.3) is 0 Å². The molecular formula is C16H28IN3O2. The summed E-state index contributed by atoms with van der Waals surface area (Å²) < 4.78 is 11.0. The average Bonchev–Trinajstić information content (AvgIpc) is 2.39. The molecule has 0 amide bonds. The zero-order chi connectivity index (χ0) is 15.7. The van der Waals surface area contributed by atoms with Crippen LogP contribution >= 0.6 is 24.0 Å². The van der Waals surface area contributed by atoms with Crippen molar-refractivity contribution in [2.24, 2.45) is 16.6 Å². The second kappa shape index (κ2) is 11.5. The number of nitrogens with zero attached hydrogens (tertiary/aromatic N) is 1. The highest BCUT2D eigenvalue weighted by molar-refractivity contribution is 14.0. The summed E-state index contributed by atoms with van der Waals surface area (Å²) in [5.41, 5.74) is 6.70. The fourth-order valence-electron chi connectivity index (χ4n) is 1.63. The summed E-state index contributed by atoms with van der Waals surface area (Å²) in [5, 5.41) is 3.04. The van der Waals surface area contributed by atoms with Crippen molar-refractivity contribution in [1.29, 1.82) is 0 Å². The summed E-state index contributed by atoms with van der Waals surface area (Å²) in [6.07, 6.45) is 0.168. The Morgan fingerprint density at radius 2 is 1.82 bits per heavy atom. The summed E-state index contributed by atoms with van der Waals surface area (Å²) in [4.78, 5) is 4.21. The Bertz CT molecular complexity index is 434. The van der Waals surface area contributed by atoms with Gasteiger partial charge < -0.3 is 20.5 Å². The van der Waals surface area contributed by atoms with Gasteiger partial charge in [-0.05, 0) is 44.0 Å². The number of halogens is 1. The molecule has 0 saturated carbocycles. The predicted octanol–water partition coefficient (Wildman–Crippen LogP) is 3.49. The summed E-state index contributed by atoms with van der Waals surface area (Å²) in [7, 11) is 0. The van der Waals surface area contributed by atoms with E-state index in [0.29, 0.717) is 25.0 Å². The Morgan fingerprint density at radius 3 is 2.36 bits per heavy atom. The van der Waals surface area contributed by atoms with Crippen molar-refractivity contribution in [1.82, 2.24) is 0 Å². The van der Waals surface area contributed by atoms with Crippen LogP contribution in [0.15, 0.2) is 29.3 Å². The molecule has 0 aromatic heterocycles. The van der Waals surface area contributed by atoms with Gasteiger partial charge in [0, 0.05) is 12.3 Å². The number of guanidine groups is 1. The quantitative estimate of drug-likeness (QED) is 0.292. The van der Waals surface area contributed by atoms with Crippen LogP contribution < -0.4 is 15.8 Å². The third kappa shape index (κ3) is 9.83. The molecule has 1 aromatic rings. The van der Waals surface area contributed by atoms with Crippen molar-refractivity contribution < 1.29 is 9.47 Å². The Hall–Kier alpha value is -1.02. The highest BCUT2D eigenvalue weighted by Gasteiger charge is 1.99. The van der Waals surface area contributed by atoms with Crippen molar-refractivity contribution in [3.63, 3.8) is 0 Å². The monoisotopic (exact) mass is 421 g/mol. The molecule has 0 aliphatic rings. The van der Waals surface area contributed by atoms with Gasteiger partial charge in [0.1, 0.15) is 5.75 Å². The molecule has 0 heterocycles. The first-order chi connectivity index (χ1) is 9.97. The number of nitrogens with two attached hydrogens (primary N) is 1. The fraction of sp³-hybridized carbons (Fsp3) is 0.562. The van der Waals surface area contributed by atoms with Gasteiger partial charge in [-0.3, -0.25) is 4.99 Å². The lowest BCUT2D eigenvalue weighted by Crippen LogP contribution is -2.23. The van der Waals surface area contributed by atoms with E-state index in [1.807, 2.05) is 38.1 Å². The van der Waals surface area contributed by atoms with E-state index in [1.165, 1.54) is 0 Å².